The largest absolute Gasteiger partial charge is 0.508 e. The molecule has 138 valence electrons. The lowest BCUT2D eigenvalue weighted by Crippen LogP contribution is -2.26. The monoisotopic (exact) mass is 355 g/mol. The molecule has 5 heteroatoms. The highest BCUT2D eigenvalue weighted by Crippen LogP contribution is 2.11. The van der Waals surface area contributed by atoms with Gasteiger partial charge in [0.1, 0.15) is 12.4 Å². The zero-order valence-electron chi connectivity index (χ0n) is 15.0. The molecule has 0 spiro atoms. The van der Waals surface area contributed by atoms with E-state index in [1.165, 1.54) is 18.2 Å². The van der Waals surface area contributed by atoms with Gasteiger partial charge in [-0.1, -0.05) is 48.5 Å². The summed E-state index contributed by atoms with van der Waals surface area (Å²) in [6.45, 7) is 2.66. The third-order valence-electron chi connectivity index (χ3n) is 3.90. The molecule has 5 nitrogen and oxygen atoms in total. The van der Waals surface area contributed by atoms with E-state index in [1.54, 1.807) is 12.1 Å². The summed E-state index contributed by atoms with van der Waals surface area (Å²) >= 11 is 0. The molecule has 0 heterocycles. The van der Waals surface area contributed by atoms with E-state index in [0.717, 1.165) is 26.1 Å². The summed E-state index contributed by atoms with van der Waals surface area (Å²) in [5.41, 5.74) is 2.43. The summed E-state index contributed by atoms with van der Waals surface area (Å²) < 4.78 is 9.27. The molecule has 0 amide bonds. The van der Waals surface area contributed by atoms with Crippen LogP contribution in [0.1, 0.15) is 11.1 Å². The van der Waals surface area contributed by atoms with E-state index in [0.29, 0.717) is 0 Å². The first-order valence-corrected chi connectivity index (χ1v) is 8.57. The smallest absolute Gasteiger partial charge is 0.508 e. The molecule has 2 rings (SSSR count). The minimum Gasteiger partial charge on any atom is -0.508 e. The fraction of sp³-hybridized carbons (Fsp3) is 0.286. The standard InChI is InChI=1S/C21H25NO4/c1-25-21(24)26-16-6-5-14-22(17-19-7-3-2-4-8-19)15-13-18-9-11-20(23)12-10-18/h2-12,23H,13-17H2,1H3/b6-5+. The van der Waals surface area contributed by atoms with Gasteiger partial charge in [-0.15, -0.1) is 0 Å². The van der Waals surface area contributed by atoms with E-state index in [-0.39, 0.29) is 12.4 Å². The summed E-state index contributed by atoms with van der Waals surface area (Å²) in [6.07, 6.45) is 4.01. The molecule has 0 saturated carbocycles. The summed E-state index contributed by atoms with van der Waals surface area (Å²) in [4.78, 5) is 13.2. The van der Waals surface area contributed by atoms with Gasteiger partial charge in [-0.05, 0) is 35.8 Å². The summed E-state index contributed by atoms with van der Waals surface area (Å²) in [5, 5.41) is 9.39. The van der Waals surface area contributed by atoms with Crippen LogP contribution in [0.25, 0.3) is 0 Å². The molecule has 0 radical (unpaired) electrons. The van der Waals surface area contributed by atoms with Gasteiger partial charge in [0.15, 0.2) is 0 Å². The third kappa shape index (κ3) is 7.40. The Hall–Kier alpha value is -2.79. The number of hydrogen-bond donors (Lipinski definition) is 1. The molecule has 0 aliphatic heterocycles. The number of methoxy groups -OCH3 is 1. The van der Waals surface area contributed by atoms with Crippen LogP contribution in [0.15, 0.2) is 66.7 Å². The van der Waals surface area contributed by atoms with Gasteiger partial charge in [0.05, 0.1) is 7.11 Å². The Morgan fingerprint density at radius 3 is 2.46 bits per heavy atom. The minimum absolute atomic E-state index is 0.198. The number of nitrogens with zero attached hydrogens (tertiary/aromatic N) is 1. The molecule has 2 aromatic carbocycles. The van der Waals surface area contributed by atoms with Gasteiger partial charge in [-0.2, -0.15) is 0 Å². The molecule has 0 aliphatic carbocycles. The van der Waals surface area contributed by atoms with Gasteiger partial charge in [0.25, 0.3) is 0 Å². The quantitative estimate of drug-likeness (QED) is 0.548. The molecule has 0 bridgehead atoms. The Bertz CT molecular complexity index is 683. The fourth-order valence-corrected chi connectivity index (χ4v) is 2.49. The molecule has 1 N–H and O–H groups in total. The van der Waals surface area contributed by atoms with Crippen molar-refractivity contribution >= 4 is 6.16 Å². The molecule has 0 fully saturated rings. The maximum atomic E-state index is 10.9. The number of rotatable bonds is 9. The number of phenols is 1. The van der Waals surface area contributed by atoms with Gasteiger partial charge in [0.2, 0.25) is 0 Å². The average molecular weight is 355 g/mol. The predicted octanol–water partition coefficient (Wildman–Crippen LogP) is 3.78. The molecule has 0 aromatic heterocycles. The van der Waals surface area contributed by atoms with Crippen LogP contribution in [-0.4, -0.2) is 43.0 Å². The summed E-state index contributed by atoms with van der Waals surface area (Å²) in [7, 11) is 1.29. The van der Waals surface area contributed by atoms with E-state index < -0.39 is 6.16 Å². The first kappa shape index (κ1) is 19.5. The second-order valence-electron chi connectivity index (χ2n) is 5.87. The zero-order chi connectivity index (χ0) is 18.6. The Kier molecular flexibility index (Phi) is 8.23. The molecule has 0 atom stereocenters. The van der Waals surface area contributed by atoms with E-state index >= 15 is 0 Å². The van der Waals surface area contributed by atoms with Crippen LogP contribution < -0.4 is 0 Å². The van der Waals surface area contributed by atoms with Gasteiger partial charge >= 0.3 is 6.16 Å². The molecule has 26 heavy (non-hydrogen) atoms. The maximum Gasteiger partial charge on any atom is 0.508 e. The van der Waals surface area contributed by atoms with Crippen molar-refractivity contribution in [3.8, 4) is 5.75 Å². The Morgan fingerprint density at radius 1 is 1.04 bits per heavy atom. The summed E-state index contributed by atoms with van der Waals surface area (Å²) in [5.74, 6) is 0.281. The van der Waals surface area contributed by atoms with Crippen molar-refractivity contribution in [2.75, 3.05) is 26.8 Å². The predicted molar refractivity (Wildman–Crippen MR) is 101 cm³/mol. The van der Waals surface area contributed by atoms with Crippen molar-refractivity contribution in [3.63, 3.8) is 0 Å². The van der Waals surface area contributed by atoms with Crippen molar-refractivity contribution in [2.45, 2.75) is 13.0 Å². The van der Waals surface area contributed by atoms with Crippen LogP contribution in [0.2, 0.25) is 0 Å². The zero-order valence-corrected chi connectivity index (χ0v) is 15.0. The van der Waals surface area contributed by atoms with Crippen LogP contribution in [-0.2, 0) is 22.4 Å². The molecule has 0 saturated heterocycles. The van der Waals surface area contributed by atoms with Gasteiger partial charge in [0, 0.05) is 19.6 Å². The molecular formula is C21H25NO4. The van der Waals surface area contributed by atoms with Crippen LogP contribution in [0.4, 0.5) is 4.79 Å². The lowest BCUT2D eigenvalue weighted by atomic mass is 10.1. The second kappa shape index (κ2) is 10.9. The van der Waals surface area contributed by atoms with Crippen molar-refractivity contribution < 1.29 is 19.4 Å². The normalized spacial score (nSPS) is 11.0. The Morgan fingerprint density at radius 2 is 1.77 bits per heavy atom. The first-order valence-electron chi connectivity index (χ1n) is 8.57. The first-order chi connectivity index (χ1) is 12.7. The average Bonchev–Trinajstić information content (AvgIpc) is 2.67. The number of ether oxygens (including phenoxy) is 2. The van der Waals surface area contributed by atoms with Crippen LogP contribution in [0, 0.1) is 0 Å². The molecular weight excluding hydrogens is 330 g/mol. The third-order valence-corrected chi connectivity index (χ3v) is 3.90. The van der Waals surface area contributed by atoms with Crippen molar-refractivity contribution in [2.24, 2.45) is 0 Å². The van der Waals surface area contributed by atoms with E-state index in [1.807, 2.05) is 42.5 Å². The number of carbonyl (C=O) groups is 1. The Labute approximate surface area is 154 Å². The number of carbonyl (C=O) groups excluding carboxylic acids is 1. The van der Waals surface area contributed by atoms with Gasteiger partial charge in [-0.3, -0.25) is 4.90 Å². The van der Waals surface area contributed by atoms with Crippen LogP contribution in [0.5, 0.6) is 5.75 Å². The van der Waals surface area contributed by atoms with Crippen molar-refractivity contribution in [1.82, 2.24) is 4.90 Å². The minimum atomic E-state index is -0.678. The molecule has 2 aromatic rings. The Balaban J connectivity index is 1.89. The number of aromatic hydroxyl groups is 1. The van der Waals surface area contributed by atoms with E-state index in [4.69, 9.17) is 4.74 Å². The second-order valence-corrected chi connectivity index (χ2v) is 5.87. The van der Waals surface area contributed by atoms with Gasteiger partial charge in [-0.25, -0.2) is 4.79 Å². The number of hydrogen-bond acceptors (Lipinski definition) is 5. The number of benzene rings is 2. The highest BCUT2D eigenvalue weighted by Gasteiger charge is 2.05. The lowest BCUT2D eigenvalue weighted by Gasteiger charge is -2.21. The SMILES string of the molecule is COC(=O)OC/C=C/CN(CCc1ccc(O)cc1)Cc1ccccc1. The maximum absolute atomic E-state index is 10.9. The van der Waals surface area contributed by atoms with Gasteiger partial charge < -0.3 is 14.6 Å². The lowest BCUT2D eigenvalue weighted by molar-refractivity contribution is 0.0817. The van der Waals surface area contributed by atoms with E-state index in [9.17, 15) is 9.90 Å². The topological polar surface area (TPSA) is 59.0 Å². The van der Waals surface area contributed by atoms with Crippen LogP contribution in [0.3, 0.4) is 0 Å². The summed E-state index contributed by atoms with van der Waals surface area (Å²) in [6, 6.07) is 17.6. The van der Waals surface area contributed by atoms with Crippen molar-refractivity contribution in [3.05, 3.63) is 77.9 Å². The molecule has 0 aliphatic rings. The number of phenolic OH excluding ortho intramolecular Hbond substituents is 1. The fourth-order valence-electron chi connectivity index (χ4n) is 2.49. The van der Waals surface area contributed by atoms with Crippen LogP contribution >= 0.6 is 0 Å². The highest BCUT2D eigenvalue weighted by atomic mass is 16.7. The van der Waals surface area contributed by atoms with E-state index in [2.05, 4.69) is 21.8 Å². The highest BCUT2D eigenvalue weighted by molar-refractivity contribution is 5.59. The molecule has 0 unspecified atom stereocenters. The van der Waals surface area contributed by atoms with Crippen molar-refractivity contribution in [1.29, 1.82) is 0 Å².